The molecular formula is C64H114O6. The summed E-state index contributed by atoms with van der Waals surface area (Å²) in [5.41, 5.74) is 0. The summed E-state index contributed by atoms with van der Waals surface area (Å²) in [6.45, 7) is 6.52. The molecule has 0 rings (SSSR count). The molecule has 0 aromatic rings. The molecule has 1 unspecified atom stereocenters. The van der Waals surface area contributed by atoms with Crippen molar-refractivity contribution in [3.8, 4) is 0 Å². The first-order valence-corrected chi connectivity index (χ1v) is 30.3. The molecule has 406 valence electrons. The normalized spacial score (nSPS) is 12.4. The Morgan fingerprint density at radius 3 is 0.929 bits per heavy atom. The van der Waals surface area contributed by atoms with Gasteiger partial charge in [0.05, 0.1) is 0 Å². The number of ether oxygens (including phenoxy) is 3. The topological polar surface area (TPSA) is 78.9 Å². The molecule has 0 fully saturated rings. The summed E-state index contributed by atoms with van der Waals surface area (Å²) in [6.07, 6.45) is 73.7. The number of carbonyl (C=O) groups excluding carboxylic acids is 3. The molecule has 0 aliphatic heterocycles. The molecule has 0 bridgehead atoms. The maximum absolute atomic E-state index is 12.9. The van der Waals surface area contributed by atoms with E-state index >= 15 is 0 Å². The second-order valence-electron chi connectivity index (χ2n) is 20.2. The number of esters is 3. The average Bonchev–Trinajstić information content (AvgIpc) is 3.36. The van der Waals surface area contributed by atoms with Gasteiger partial charge in [-0.05, 0) is 77.0 Å². The molecule has 0 aromatic heterocycles. The van der Waals surface area contributed by atoms with Crippen molar-refractivity contribution >= 4 is 17.9 Å². The van der Waals surface area contributed by atoms with Gasteiger partial charge in [-0.25, -0.2) is 0 Å². The van der Waals surface area contributed by atoms with E-state index in [1.54, 1.807) is 0 Å². The molecule has 0 amide bonds. The maximum atomic E-state index is 12.9. The van der Waals surface area contributed by atoms with Crippen LogP contribution in [-0.4, -0.2) is 37.2 Å². The van der Waals surface area contributed by atoms with Crippen LogP contribution in [0.2, 0.25) is 0 Å². The molecule has 0 N–H and O–H groups in total. The van der Waals surface area contributed by atoms with Gasteiger partial charge in [-0.15, -0.1) is 0 Å². The molecule has 0 aliphatic rings. The first-order valence-electron chi connectivity index (χ1n) is 30.3. The van der Waals surface area contributed by atoms with Gasteiger partial charge in [-0.3, -0.25) is 14.4 Å². The third-order valence-electron chi connectivity index (χ3n) is 13.3. The van der Waals surface area contributed by atoms with Gasteiger partial charge in [-0.1, -0.05) is 274 Å². The van der Waals surface area contributed by atoms with Crippen LogP contribution in [0.15, 0.2) is 60.8 Å². The first-order chi connectivity index (χ1) is 34.5. The molecule has 0 aliphatic carbocycles. The highest BCUT2D eigenvalue weighted by Gasteiger charge is 2.19. The van der Waals surface area contributed by atoms with Crippen molar-refractivity contribution < 1.29 is 28.6 Å². The number of hydrogen-bond acceptors (Lipinski definition) is 6. The van der Waals surface area contributed by atoms with Crippen molar-refractivity contribution in [1.82, 2.24) is 0 Å². The third kappa shape index (κ3) is 56.0. The molecular weight excluding hydrogens is 865 g/mol. The van der Waals surface area contributed by atoms with Crippen LogP contribution in [0.25, 0.3) is 0 Å². The van der Waals surface area contributed by atoms with Gasteiger partial charge in [0.25, 0.3) is 0 Å². The van der Waals surface area contributed by atoms with Gasteiger partial charge in [0.2, 0.25) is 0 Å². The lowest BCUT2D eigenvalue weighted by Crippen LogP contribution is -2.30. The summed E-state index contributed by atoms with van der Waals surface area (Å²) in [5, 5.41) is 0. The molecule has 0 saturated carbocycles. The minimum absolute atomic E-state index is 0.0744. The highest BCUT2D eigenvalue weighted by molar-refractivity contribution is 5.71. The van der Waals surface area contributed by atoms with Crippen LogP contribution in [0.3, 0.4) is 0 Å². The SMILES string of the molecule is CC/C=C\C/C=C\C/C=C\C/C=C\CCCCCCCCCCCCCCC(=O)OCC(COC(=O)CCCCCCC/C=C\CCCC)OC(=O)CCCCCCCCCCCCCCCCCC. The summed E-state index contributed by atoms with van der Waals surface area (Å²) in [4.78, 5) is 38.2. The number of unbranched alkanes of at least 4 members (excludes halogenated alkanes) is 34. The van der Waals surface area contributed by atoms with Crippen molar-refractivity contribution in [2.75, 3.05) is 13.2 Å². The molecule has 0 aromatic carbocycles. The highest BCUT2D eigenvalue weighted by atomic mass is 16.6. The van der Waals surface area contributed by atoms with E-state index in [4.69, 9.17) is 14.2 Å². The van der Waals surface area contributed by atoms with Crippen LogP contribution in [0.5, 0.6) is 0 Å². The van der Waals surface area contributed by atoms with Crippen LogP contribution in [0.1, 0.15) is 310 Å². The molecule has 1 atom stereocenters. The number of hydrogen-bond donors (Lipinski definition) is 0. The van der Waals surface area contributed by atoms with Crippen LogP contribution in [0, 0.1) is 0 Å². The molecule has 6 nitrogen and oxygen atoms in total. The molecule has 70 heavy (non-hydrogen) atoms. The van der Waals surface area contributed by atoms with Crippen molar-refractivity contribution in [3.05, 3.63) is 60.8 Å². The molecule has 0 heterocycles. The molecule has 0 spiro atoms. The van der Waals surface area contributed by atoms with E-state index in [1.807, 2.05) is 0 Å². The van der Waals surface area contributed by atoms with Crippen LogP contribution >= 0.6 is 0 Å². The second kappa shape index (κ2) is 58.7. The number of carbonyl (C=O) groups is 3. The summed E-state index contributed by atoms with van der Waals surface area (Å²) < 4.78 is 16.9. The minimum atomic E-state index is -0.775. The smallest absolute Gasteiger partial charge is 0.306 e. The van der Waals surface area contributed by atoms with Gasteiger partial charge in [0, 0.05) is 19.3 Å². The summed E-state index contributed by atoms with van der Waals surface area (Å²) in [5.74, 6) is -0.871. The van der Waals surface area contributed by atoms with E-state index in [2.05, 4.69) is 81.5 Å². The zero-order valence-corrected chi connectivity index (χ0v) is 46.5. The predicted molar refractivity (Wildman–Crippen MR) is 302 cm³/mol. The zero-order chi connectivity index (χ0) is 50.7. The lowest BCUT2D eigenvalue weighted by molar-refractivity contribution is -0.167. The average molecular weight is 980 g/mol. The number of rotatable bonds is 55. The Bertz CT molecular complexity index is 1260. The van der Waals surface area contributed by atoms with E-state index in [9.17, 15) is 14.4 Å². The first kappa shape index (κ1) is 67.1. The van der Waals surface area contributed by atoms with Crippen molar-refractivity contribution in [2.45, 2.75) is 316 Å². The molecule has 6 heteroatoms. The van der Waals surface area contributed by atoms with Crippen molar-refractivity contribution in [2.24, 2.45) is 0 Å². The van der Waals surface area contributed by atoms with Crippen LogP contribution in [-0.2, 0) is 28.6 Å². The third-order valence-corrected chi connectivity index (χ3v) is 13.3. The van der Waals surface area contributed by atoms with Gasteiger partial charge in [-0.2, -0.15) is 0 Å². The minimum Gasteiger partial charge on any atom is -0.462 e. The van der Waals surface area contributed by atoms with E-state index in [1.165, 1.54) is 180 Å². The summed E-state index contributed by atoms with van der Waals surface area (Å²) >= 11 is 0. The van der Waals surface area contributed by atoms with Gasteiger partial charge >= 0.3 is 17.9 Å². The van der Waals surface area contributed by atoms with Crippen molar-refractivity contribution in [1.29, 1.82) is 0 Å². The van der Waals surface area contributed by atoms with Crippen LogP contribution in [0.4, 0.5) is 0 Å². The number of allylic oxidation sites excluding steroid dienone is 10. The Balaban J connectivity index is 4.24. The fraction of sp³-hybridized carbons (Fsp3) is 0.797. The largest absolute Gasteiger partial charge is 0.462 e. The van der Waals surface area contributed by atoms with E-state index in [0.29, 0.717) is 19.3 Å². The Morgan fingerprint density at radius 2 is 0.571 bits per heavy atom. The fourth-order valence-corrected chi connectivity index (χ4v) is 8.71. The van der Waals surface area contributed by atoms with E-state index in [0.717, 1.165) is 89.9 Å². The fourth-order valence-electron chi connectivity index (χ4n) is 8.71. The standard InChI is InChI=1S/C64H114O6/c1-4-7-10-13-16-19-22-24-26-28-29-30-31-32-33-34-35-36-38-39-42-45-48-51-54-57-63(66)69-60-61(59-68-62(65)56-53-50-47-44-41-21-18-15-12-9-6-3)70-64(67)58-55-52-49-46-43-40-37-27-25-23-20-17-14-11-8-5-2/h7,10,15-16,18-19,24,26,29-30,61H,4-6,8-9,11-14,17,20-23,25,27-28,31-60H2,1-3H3/b10-7-,18-15-,19-16-,26-24-,30-29-. The lowest BCUT2D eigenvalue weighted by Gasteiger charge is -2.18. The Morgan fingerprint density at radius 1 is 0.300 bits per heavy atom. The maximum Gasteiger partial charge on any atom is 0.306 e. The van der Waals surface area contributed by atoms with Crippen LogP contribution < -0.4 is 0 Å². The van der Waals surface area contributed by atoms with Gasteiger partial charge < -0.3 is 14.2 Å². The monoisotopic (exact) mass is 979 g/mol. The van der Waals surface area contributed by atoms with Crippen molar-refractivity contribution in [3.63, 3.8) is 0 Å². The quantitative estimate of drug-likeness (QED) is 0.0261. The molecule has 0 radical (unpaired) electrons. The van der Waals surface area contributed by atoms with Gasteiger partial charge in [0.1, 0.15) is 13.2 Å². The summed E-state index contributed by atoms with van der Waals surface area (Å²) in [7, 11) is 0. The molecule has 0 saturated heterocycles. The zero-order valence-electron chi connectivity index (χ0n) is 46.5. The highest BCUT2D eigenvalue weighted by Crippen LogP contribution is 2.17. The lowest BCUT2D eigenvalue weighted by atomic mass is 10.0. The second-order valence-corrected chi connectivity index (χ2v) is 20.2. The Labute approximate surface area is 434 Å². The van der Waals surface area contributed by atoms with Gasteiger partial charge in [0.15, 0.2) is 6.10 Å². The van der Waals surface area contributed by atoms with E-state index in [-0.39, 0.29) is 31.1 Å². The Kier molecular flexibility index (Phi) is 56.3. The van der Waals surface area contributed by atoms with E-state index < -0.39 is 6.10 Å². The summed E-state index contributed by atoms with van der Waals surface area (Å²) in [6, 6.07) is 0. The Hall–Kier alpha value is -2.89. The predicted octanol–water partition coefficient (Wildman–Crippen LogP) is 20.4.